The van der Waals surface area contributed by atoms with Crippen LogP contribution in [-0.4, -0.2) is 17.4 Å². The molecule has 8 heavy (non-hydrogen) atoms. The Morgan fingerprint density at radius 1 is 1.75 bits per heavy atom. The van der Waals surface area contributed by atoms with Crippen LogP contribution in [0, 0.1) is 5.92 Å². The Morgan fingerprint density at radius 2 is 2.50 bits per heavy atom. The molecule has 48 valence electrons. The first-order valence-corrected chi connectivity index (χ1v) is 3.66. The van der Waals surface area contributed by atoms with Gasteiger partial charge in [0.05, 0.1) is 0 Å². The third kappa shape index (κ3) is 1.39. The van der Waals surface area contributed by atoms with Crippen LogP contribution in [0.2, 0.25) is 0 Å². The van der Waals surface area contributed by atoms with Gasteiger partial charge in [-0.3, -0.25) is 4.31 Å². The number of hydrogen-bond donors (Lipinski definition) is 1. The van der Waals surface area contributed by atoms with E-state index in [1.165, 1.54) is 25.9 Å². The van der Waals surface area contributed by atoms with Crippen molar-refractivity contribution in [3.8, 4) is 0 Å². The van der Waals surface area contributed by atoms with Crippen molar-refractivity contribution in [2.75, 3.05) is 13.1 Å². The largest absolute Gasteiger partial charge is 0.253 e. The molecular weight excluding hydrogens is 118 g/mol. The summed E-state index contributed by atoms with van der Waals surface area (Å²) in [6.45, 7) is 4.62. The quantitative estimate of drug-likeness (QED) is 0.529. The van der Waals surface area contributed by atoms with Gasteiger partial charge < -0.3 is 0 Å². The topological polar surface area (TPSA) is 3.24 Å². The average molecular weight is 131 g/mol. The van der Waals surface area contributed by atoms with E-state index >= 15 is 0 Å². The van der Waals surface area contributed by atoms with Crippen LogP contribution in [0.1, 0.15) is 19.8 Å². The van der Waals surface area contributed by atoms with Crippen molar-refractivity contribution < 1.29 is 0 Å². The lowest BCUT2D eigenvalue weighted by Crippen LogP contribution is -2.06. The lowest BCUT2D eigenvalue weighted by Gasteiger charge is -2.04. The highest BCUT2D eigenvalue weighted by Gasteiger charge is 2.17. The summed E-state index contributed by atoms with van der Waals surface area (Å²) in [5, 5.41) is 0. The molecule has 1 fully saturated rings. The maximum absolute atomic E-state index is 4.24. The van der Waals surface area contributed by atoms with Crippen molar-refractivity contribution in [1.82, 2.24) is 4.31 Å². The van der Waals surface area contributed by atoms with Crippen molar-refractivity contribution in [2.45, 2.75) is 19.8 Å². The third-order valence-corrected chi connectivity index (χ3v) is 2.21. The van der Waals surface area contributed by atoms with Crippen LogP contribution in [0.25, 0.3) is 0 Å². The minimum atomic E-state index is 0.924. The Hall–Kier alpha value is 0.310. The maximum atomic E-state index is 4.24. The molecule has 0 N–H and O–H groups in total. The highest BCUT2D eigenvalue weighted by molar-refractivity contribution is 7.77. The smallest absolute Gasteiger partial charge is 0.0116 e. The van der Waals surface area contributed by atoms with Crippen molar-refractivity contribution >= 4 is 12.8 Å². The van der Waals surface area contributed by atoms with Crippen LogP contribution in [0.4, 0.5) is 0 Å². The SMILES string of the molecule is CC[C@@H]1CCN(S)C1. The molecule has 0 amide bonds. The summed E-state index contributed by atoms with van der Waals surface area (Å²) in [5.41, 5.74) is 0. The maximum Gasteiger partial charge on any atom is 0.0116 e. The zero-order chi connectivity index (χ0) is 5.98. The monoisotopic (exact) mass is 131 g/mol. The normalized spacial score (nSPS) is 31.5. The molecule has 1 rings (SSSR count). The molecule has 1 heterocycles. The van der Waals surface area contributed by atoms with E-state index in [9.17, 15) is 0 Å². The van der Waals surface area contributed by atoms with E-state index in [4.69, 9.17) is 0 Å². The second kappa shape index (κ2) is 2.74. The molecule has 1 nitrogen and oxygen atoms in total. The van der Waals surface area contributed by atoms with Crippen molar-refractivity contribution in [1.29, 1.82) is 0 Å². The van der Waals surface area contributed by atoms with E-state index < -0.39 is 0 Å². The summed E-state index contributed by atoms with van der Waals surface area (Å²) in [4.78, 5) is 0. The van der Waals surface area contributed by atoms with Gasteiger partial charge in [0.2, 0.25) is 0 Å². The van der Waals surface area contributed by atoms with Crippen LogP contribution in [0.3, 0.4) is 0 Å². The predicted octanol–water partition coefficient (Wildman–Crippen LogP) is 1.56. The van der Waals surface area contributed by atoms with E-state index in [0.717, 1.165) is 5.92 Å². The predicted molar refractivity (Wildman–Crippen MR) is 39.0 cm³/mol. The number of nitrogens with zero attached hydrogens (tertiary/aromatic N) is 1. The zero-order valence-corrected chi connectivity index (χ0v) is 6.19. The number of thiol groups is 1. The fourth-order valence-electron chi connectivity index (χ4n) is 1.15. The Labute approximate surface area is 56.6 Å². The summed E-state index contributed by atoms with van der Waals surface area (Å²) >= 11 is 4.24. The van der Waals surface area contributed by atoms with Crippen molar-refractivity contribution in [2.24, 2.45) is 5.92 Å². The molecule has 0 aromatic rings. The number of hydrogen-bond acceptors (Lipinski definition) is 2. The van der Waals surface area contributed by atoms with Gasteiger partial charge in [0.25, 0.3) is 0 Å². The summed E-state index contributed by atoms with van der Waals surface area (Å²) in [6.07, 6.45) is 2.66. The first-order valence-electron chi connectivity index (χ1n) is 3.26. The van der Waals surface area contributed by atoms with E-state index in [-0.39, 0.29) is 0 Å². The average Bonchev–Trinajstić information content (AvgIpc) is 2.14. The minimum Gasteiger partial charge on any atom is -0.253 e. The van der Waals surface area contributed by atoms with Gasteiger partial charge in [0, 0.05) is 13.1 Å². The summed E-state index contributed by atoms with van der Waals surface area (Å²) in [5.74, 6) is 0.924. The van der Waals surface area contributed by atoms with Gasteiger partial charge in [0.1, 0.15) is 0 Å². The third-order valence-electron chi connectivity index (χ3n) is 1.84. The fraction of sp³-hybridized carbons (Fsp3) is 1.00. The first kappa shape index (κ1) is 6.43. The lowest BCUT2D eigenvalue weighted by molar-refractivity contribution is 0.514. The Kier molecular flexibility index (Phi) is 2.20. The van der Waals surface area contributed by atoms with Crippen LogP contribution < -0.4 is 0 Å². The molecule has 0 bridgehead atoms. The molecule has 0 saturated carbocycles. The van der Waals surface area contributed by atoms with Crippen LogP contribution in [-0.2, 0) is 0 Å². The molecule has 0 unspecified atom stereocenters. The van der Waals surface area contributed by atoms with E-state index in [2.05, 4.69) is 24.0 Å². The molecular formula is C6H13NS. The summed E-state index contributed by atoms with van der Waals surface area (Å²) in [6, 6.07) is 0. The molecule has 1 aliphatic rings. The van der Waals surface area contributed by atoms with E-state index in [0.29, 0.717) is 0 Å². The summed E-state index contributed by atoms with van der Waals surface area (Å²) in [7, 11) is 0. The Balaban J connectivity index is 2.22. The van der Waals surface area contributed by atoms with E-state index in [1.54, 1.807) is 0 Å². The molecule has 1 atom stereocenters. The molecule has 0 aliphatic carbocycles. The van der Waals surface area contributed by atoms with Crippen molar-refractivity contribution in [3.05, 3.63) is 0 Å². The molecule has 1 aliphatic heterocycles. The highest BCUT2D eigenvalue weighted by atomic mass is 32.1. The second-order valence-electron chi connectivity index (χ2n) is 2.48. The van der Waals surface area contributed by atoms with E-state index in [1.807, 2.05) is 0 Å². The molecule has 1 saturated heterocycles. The van der Waals surface area contributed by atoms with Crippen LogP contribution in [0.5, 0.6) is 0 Å². The first-order chi connectivity index (χ1) is 3.83. The summed E-state index contributed by atoms with van der Waals surface area (Å²) < 4.78 is 2.11. The van der Waals surface area contributed by atoms with Crippen LogP contribution in [0.15, 0.2) is 0 Å². The fourth-order valence-corrected chi connectivity index (χ4v) is 1.49. The Morgan fingerprint density at radius 3 is 2.75 bits per heavy atom. The van der Waals surface area contributed by atoms with Gasteiger partial charge in [-0.2, -0.15) is 0 Å². The standard InChI is InChI=1S/C6H13NS/c1-2-6-3-4-7(8)5-6/h6,8H,2-5H2,1H3/t6-/m1/s1. The minimum absolute atomic E-state index is 0.924. The zero-order valence-electron chi connectivity index (χ0n) is 5.30. The highest BCUT2D eigenvalue weighted by Crippen LogP contribution is 2.19. The van der Waals surface area contributed by atoms with Gasteiger partial charge in [-0.25, -0.2) is 0 Å². The molecule has 2 heteroatoms. The molecule has 0 spiro atoms. The lowest BCUT2D eigenvalue weighted by atomic mass is 10.1. The molecule has 0 radical (unpaired) electrons. The Bertz CT molecular complexity index is 74.9. The molecule has 0 aromatic carbocycles. The number of rotatable bonds is 1. The van der Waals surface area contributed by atoms with Gasteiger partial charge in [0.15, 0.2) is 0 Å². The van der Waals surface area contributed by atoms with Gasteiger partial charge in [-0.15, -0.1) is 0 Å². The molecule has 0 aromatic heterocycles. The second-order valence-corrected chi connectivity index (χ2v) is 3.04. The van der Waals surface area contributed by atoms with Crippen LogP contribution >= 0.6 is 12.8 Å². The van der Waals surface area contributed by atoms with Gasteiger partial charge in [-0.05, 0) is 12.3 Å². The van der Waals surface area contributed by atoms with Gasteiger partial charge >= 0.3 is 0 Å². The van der Waals surface area contributed by atoms with Gasteiger partial charge in [-0.1, -0.05) is 26.2 Å². The van der Waals surface area contributed by atoms with Crippen molar-refractivity contribution in [3.63, 3.8) is 0 Å².